The number of rotatable bonds is 5. The normalized spacial score (nSPS) is 10.0. The maximum absolute atomic E-state index is 12.9. The fraction of sp³-hybridized carbons (Fsp3) is 0.0667. The standard InChI is InChI=1S/C15H11ClFN3O5/c16-12-7-10(17)3-6-13(12)25-8-14(21)18-19-15(22)9-1-4-11(5-2-9)20(23)24/h1-7H,8H2,(H,18,21)(H,19,22). The van der Waals surface area contributed by atoms with Gasteiger partial charge in [-0.25, -0.2) is 4.39 Å². The molecule has 0 aromatic heterocycles. The van der Waals surface area contributed by atoms with E-state index in [1.54, 1.807) is 0 Å². The molecule has 2 rings (SSSR count). The number of hydrogen-bond donors (Lipinski definition) is 2. The van der Waals surface area contributed by atoms with Gasteiger partial charge < -0.3 is 4.74 Å². The van der Waals surface area contributed by atoms with Crippen LogP contribution in [-0.4, -0.2) is 23.3 Å². The zero-order valence-electron chi connectivity index (χ0n) is 12.5. The van der Waals surface area contributed by atoms with Crippen molar-refractivity contribution in [1.29, 1.82) is 0 Å². The molecule has 25 heavy (non-hydrogen) atoms. The van der Waals surface area contributed by atoms with E-state index in [0.29, 0.717) is 0 Å². The SMILES string of the molecule is O=C(COc1ccc(F)cc1Cl)NNC(=O)c1ccc([N+](=O)[O-])cc1. The number of ether oxygens (including phenoxy) is 1. The van der Waals surface area contributed by atoms with Crippen LogP contribution in [0.4, 0.5) is 10.1 Å². The molecule has 2 aromatic carbocycles. The van der Waals surface area contributed by atoms with Gasteiger partial charge in [-0.2, -0.15) is 0 Å². The quantitative estimate of drug-likeness (QED) is 0.622. The van der Waals surface area contributed by atoms with Gasteiger partial charge in [-0.1, -0.05) is 11.6 Å². The summed E-state index contributed by atoms with van der Waals surface area (Å²) < 4.78 is 18.0. The van der Waals surface area contributed by atoms with Crippen LogP contribution in [0.5, 0.6) is 5.75 Å². The molecule has 8 nitrogen and oxygen atoms in total. The van der Waals surface area contributed by atoms with E-state index < -0.39 is 29.2 Å². The van der Waals surface area contributed by atoms with Gasteiger partial charge in [0.05, 0.1) is 9.95 Å². The average Bonchev–Trinajstić information content (AvgIpc) is 2.59. The lowest BCUT2D eigenvalue weighted by Gasteiger charge is -2.09. The Balaban J connectivity index is 1.82. The van der Waals surface area contributed by atoms with Crippen molar-refractivity contribution in [3.8, 4) is 5.75 Å². The summed E-state index contributed by atoms with van der Waals surface area (Å²) in [5, 5.41) is 10.5. The van der Waals surface area contributed by atoms with Crippen molar-refractivity contribution < 1.29 is 23.6 Å². The van der Waals surface area contributed by atoms with Crippen LogP contribution in [0, 0.1) is 15.9 Å². The maximum Gasteiger partial charge on any atom is 0.276 e. The molecule has 0 aliphatic heterocycles. The van der Waals surface area contributed by atoms with Crippen LogP contribution in [0.3, 0.4) is 0 Å². The zero-order valence-corrected chi connectivity index (χ0v) is 13.2. The van der Waals surface area contributed by atoms with Crippen LogP contribution < -0.4 is 15.6 Å². The summed E-state index contributed by atoms with van der Waals surface area (Å²) in [6, 6.07) is 8.23. The summed E-state index contributed by atoms with van der Waals surface area (Å²) >= 11 is 5.74. The number of carbonyl (C=O) groups excluding carboxylic acids is 2. The van der Waals surface area contributed by atoms with Crippen molar-refractivity contribution in [2.75, 3.05) is 6.61 Å². The van der Waals surface area contributed by atoms with Gasteiger partial charge in [0.25, 0.3) is 17.5 Å². The highest BCUT2D eigenvalue weighted by molar-refractivity contribution is 6.32. The van der Waals surface area contributed by atoms with Gasteiger partial charge in [0.1, 0.15) is 11.6 Å². The molecule has 0 saturated heterocycles. The maximum atomic E-state index is 12.9. The van der Waals surface area contributed by atoms with E-state index in [1.165, 1.54) is 18.2 Å². The summed E-state index contributed by atoms with van der Waals surface area (Å²) in [4.78, 5) is 33.3. The third-order valence-electron chi connectivity index (χ3n) is 2.91. The monoisotopic (exact) mass is 367 g/mol. The second kappa shape index (κ2) is 8.06. The van der Waals surface area contributed by atoms with Crippen LogP contribution in [0.25, 0.3) is 0 Å². The van der Waals surface area contributed by atoms with Crippen LogP contribution in [0.15, 0.2) is 42.5 Å². The summed E-state index contributed by atoms with van der Waals surface area (Å²) in [6.07, 6.45) is 0. The number of nitrogens with zero attached hydrogens (tertiary/aromatic N) is 1. The number of benzene rings is 2. The van der Waals surface area contributed by atoms with E-state index in [1.807, 2.05) is 0 Å². The first-order valence-electron chi connectivity index (χ1n) is 6.78. The number of non-ortho nitro benzene ring substituents is 1. The zero-order chi connectivity index (χ0) is 18.4. The minimum Gasteiger partial charge on any atom is -0.482 e. The highest BCUT2D eigenvalue weighted by atomic mass is 35.5. The molecular weight excluding hydrogens is 357 g/mol. The fourth-order valence-corrected chi connectivity index (χ4v) is 1.93. The largest absolute Gasteiger partial charge is 0.482 e. The summed E-state index contributed by atoms with van der Waals surface area (Å²) in [5.41, 5.74) is 4.19. The number of halogens is 2. The first kappa shape index (κ1) is 18.1. The summed E-state index contributed by atoms with van der Waals surface area (Å²) in [5.74, 6) is -1.78. The lowest BCUT2D eigenvalue weighted by Crippen LogP contribution is -2.43. The lowest BCUT2D eigenvalue weighted by molar-refractivity contribution is -0.384. The van der Waals surface area contributed by atoms with Crippen LogP contribution in [0.2, 0.25) is 5.02 Å². The molecule has 0 unspecified atom stereocenters. The molecule has 0 atom stereocenters. The van der Waals surface area contributed by atoms with E-state index in [2.05, 4.69) is 10.9 Å². The third kappa shape index (κ3) is 5.15. The molecular formula is C15H11ClFN3O5. The number of nitro groups is 1. The Hall–Kier alpha value is -3.20. The Morgan fingerprint density at radius 3 is 2.44 bits per heavy atom. The third-order valence-corrected chi connectivity index (χ3v) is 3.20. The molecule has 2 N–H and O–H groups in total. The van der Waals surface area contributed by atoms with Gasteiger partial charge in [0, 0.05) is 17.7 Å². The number of amides is 2. The first-order valence-corrected chi connectivity index (χ1v) is 7.16. The van der Waals surface area contributed by atoms with Crippen molar-refractivity contribution in [2.45, 2.75) is 0 Å². The molecule has 2 amide bonds. The van der Waals surface area contributed by atoms with E-state index in [-0.39, 0.29) is 22.0 Å². The molecule has 0 spiro atoms. The number of hydrogen-bond acceptors (Lipinski definition) is 5. The van der Waals surface area contributed by atoms with Crippen molar-refractivity contribution in [3.05, 3.63) is 69.0 Å². The van der Waals surface area contributed by atoms with Crippen LogP contribution in [0.1, 0.15) is 10.4 Å². The van der Waals surface area contributed by atoms with Gasteiger partial charge in [-0.05, 0) is 30.3 Å². The van der Waals surface area contributed by atoms with E-state index in [0.717, 1.165) is 24.3 Å². The molecule has 10 heteroatoms. The second-order valence-electron chi connectivity index (χ2n) is 4.67. The Bertz CT molecular complexity index is 813. The van der Waals surface area contributed by atoms with E-state index >= 15 is 0 Å². The first-order chi connectivity index (χ1) is 11.9. The van der Waals surface area contributed by atoms with Gasteiger partial charge in [0.2, 0.25) is 0 Å². The fourth-order valence-electron chi connectivity index (χ4n) is 1.70. The molecule has 0 bridgehead atoms. The number of nitro benzene ring substituents is 1. The van der Waals surface area contributed by atoms with Gasteiger partial charge >= 0.3 is 0 Å². The predicted molar refractivity (Wildman–Crippen MR) is 85.6 cm³/mol. The number of nitrogens with one attached hydrogen (secondary N) is 2. The molecule has 0 heterocycles. The van der Waals surface area contributed by atoms with E-state index in [9.17, 15) is 24.1 Å². The van der Waals surface area contributed by atoms with Crippen molar-refractivity contribution in [1.82, 2.24) is 10.9 Å². The van der Waals surface area contributed by atoms with Gasteiger partial charge in [-0.15, -0.1) is 0 Å². The second-order valence-corrected chi connectivity index (χ2v) is 5.08. The Morgan fingerprint density at radius 2 is 1.84 bits per heavy atom. The Labute approximate surface area is 145 Å². The van der Waals surface area contributed by atoms with Crippen molar-refractivity contribution in [3.63, 3.8) is 0 Å². The smallest absolute Gasteiger partial charge is 0.276 e. The number of hydrazine groups is 1. The van der Waals surface area contributed by atoms with Crippen LogP contribution >= 0.6 is 11.6 Å². The molecule has 2 aromatic rings. The van der Waals surface area contributed by atoms with E-state index in [4.69, 9.17) is 16.3 Å². The highest BCUT2D eigenvalue weighted by Crippen LogP contribution is 2.24. The molecule has 0 radical (unpaired) electrons. The average molecular weight is 368 g/mol. The Morgan fingerprint density at radius 1 is 1.16 bits per heavy atom. The molecule has 0 saturated carbocycles. The molecule has 0 fully saturated rings. The van der Waals surface area contributed by atoms with Gasteiger partial charge in [-0.3, -0.25) is 30.6 Å². The molecule has 0 aliphatic carbocycles. The van der Waals surface area contributed by atoms with Crippen molar-refractivity contribution in [2.24, 2.45) is 0 Å². The highest BCUT2D eigenvalue weighted by Gasteiger charge is 2.11. The molecule has 0 aliphatic rings. The Kier molecular flexibility index (Phi) is 5.85. The number of carbonyl (C=O) groups is 2. The van der Waals surface area contributed by atoms with Crippen LogP contribution in [-0.2, 0) is 4.79 Å². The lowest BCUT2D eigenvalue weighted by atomic mass is 10.2. The summed E-state index contributed by atoms with van der Waals surface area (Å²) in [7, 11) is 0. The minimum atomic E-state index is -0.685. The molecule has 130 valence electrons. The minimum absolute atomic E-state index is 0.00251. The topological polar surface area (TPSA) is 111 Å². The predicted octanol–water partition coefficient (Wildman–Crippen LogP) is 2.23. The van der Waals surface area contributed by atoms with Gasteiger partial charge in [0.15, 0.2) is 6.61 Å². The summed E-state index contributed by atoms with van der Waals surface area (Å²) in [6.45, 7) is -0.466. The van der Waals surface area contributed by atoms with Crippen molar-refractivity contribution >= 4 is 29.1 Å².